The van der Waals surface area contributed by atoms with Crippen molar-refractivity contribution in [3.8, 4) is 0 Å². The van der Waals surface area contributed by atoms with E-state index in [2.05, 4.69) is 20.8 Å². The van der Waals surface area contributed by atoms with Gasteiger partial charge in [0.05, 0.1) is 24.4 Å². The van der Waals surface area contributed by atoms with Crippen molar-refractivity contribution >= 4 is 6.03 Å². The lowest BCUT2D eigenvalue weighted by Gasteiger charge is -2.18. The van der Waals surface area contributed by atoms with E-state index >= 15 is 0 Å². The van der Waals surface area contributed by atoms with Crippen LogP contribution in [0.2, 0.25) is 0 Å². The summed E-state index contributed by atoms with van der Waals surface area (Å²) in [5.41, 5.74) is 2.89. The molecule has 0 unspecified atom stereocenters. The minimum atomic E-state index is -0.578. The summed E-state index contributed by atoms with van der Waals surface area (Å²) < 4.78 is 0. The summed E-state index contributed by atoms with van der Waals surface area (Å²) in [6, 6.07) is 8.89. The number of nitrogens with zero attached hydrogens (tertiary/aromatic N) is 1. The largest absolute Gasteiger partial charge is 0.390 e. The van der Waals surface area contributed by atoms with Gasteiger partial charge in [-0.1, -0.05) is 24.3 Å². The fourth-order valence-corrected chi connectivity index (χ4v) is 2.50. The average Bonchev–Trinajstić information content (AvgIpc) is 3.06. The molecule has 0 bridgehead atoms. The number of hydrogen-bond acceptors (Lipinski definition) is 3. The van der Waals surface area contributed by atoms with Crippen molar-refractivity contribution in [1.82, 2.24) is 20.8 Å². The highest BCUT2D eigenvalue weighted by molar-refractivity contribution is 5.74. The minimum absolute atomic E-state index is 0.305. The van der Waals surface area contributed by atoms with Gasteiger partial charge in [0.25, 0.3) is 0 Å². The third kappa shape index (κ3) is 2.50. The Bertz CT molecular complexity index is 597. The first-order valence-electron chi connectivity index (χ1n) is 6.52. The van der Waals surface area contributed by atoms with Gasteiger partial charge in [0.15, 0.2) is 0 Å². The van der Waals surface area contributed by atoms with E-state index in [1.54, 1.807) is 12.3 Å². The molecular formula is C14H16N4O2. The standard InChI is InChI=1S/C14H16N4O2/c19-12-7-9-3-1-2-4-11(9)13(12)17-14(20)15-8-10-5-6-16-18-10/h1-6,12-13,19H,7-8H2,(H,16,18)(H2,15,17,20)/t12-,13+/m1/s1. The van der Waals surface area contributed by atoms with Crippen LogP contribution in [0.1, 0.15) is 22.9 Å². The van der Waals surface area contributed by atoms with Gasteiger partial charge in [-0.25, -0.2) is 4.79 Å². The Balaban J connectivity index is 1.61. The molecule has 2 atom stereocenters. The molecule has 2 amide bonds. The third-order valence-electron chi connectivity index (χ3n) is 3.49. The van der Waals surface area contributed by atoms with Crippen molar-refractivity contribution in [2.75, 3.05) is 0 Å². The molecule has 0 fully saturated rings. The number of nitrogens with one attached hydrogen (secondary N) is 3. The van der Waals surface area contributed by atoms with Crippen LogP contribution in [0.15, 0.2) is 36.5 Å². The van der Waals surface area contributed by atoms with Crippen molar-refractivity contribution in [3.05, 3.63) is 53.3 Å². The van der Waals surface area contributed by atoms with Crippen LogP contribution >= 0.6 is 0 Å². The Morgan fingerprint density at radius 1 is 1.40 bits per heavy atom. The van der Waals surface area contributed by atoms with Gasteiger partial charge in [-0.3, -0.25) is 5.10 Å². The molecule has 4 N–H and O–H groups in total. The first-order valence-corrected chi connectivity index (χ1v) is 6.52. The molecule has 3 rings (SSSR count). The van der Waals surface area contributed by atoms with E-state index in [1.165, 1.54) is 0 Å². The molecule has 0 saturated heterocycles. The summed E-state index contributed by atoms with van der Waals surface area (Å²) >= 11 is 0. The van der Waals surface area contributed by atoms with Crippen LogP contribution in [0.5, 0.6) is 0 Å². The van der Waals surface area contributed by atoms with E-state index in [9.17, 15) is 9.90 Å². The molecule has 2 aromatic rings. The number of H-pyrrole nitrogens is 1. The summed E-state index contributed by atoms with van der Waals surface area (Å²) in [4.78, 5) is 11.9. The monoisotopic (exact) mass is 272 g/mol. The number of aliphatic hydroxyl groups is 1. The molecule has 0 saturated carbocycles. The number of benzene rings is 1. The number of aromatic nitrogens is 2. The lowest BCUT2D eigenvalue weighted by Crippen LogP contribution is -2.40. The van der Waals surface area contributed by atoms with E-state index in [4.69, 9.17) is 0 Å². The predicted molar refractivity (Wildman–Crippen MR) is 72.9 cm³/mol. The van der Waals surface area contributed by atoms with Gasteiger partial charge in [0, 0.05) is 12.6 Å². The highest BCUT2D eigenvalue weighted by Crippen LogP contribution is 2.30. The minimum Gasteiger partial charge on any atom is -0.390 e. The molecule has 0 radical (unpaired) electrons. The van der Waals surface area contributed by atoms with Gasteiger partial charge in [-0.15, -0.1) is 0 Å². The van der Waals surface area contributed by atoms with Crippen molar-refractivity contribution in [1.29, 1.82) is 0 Å². The summed E-state index contributed by atoms with van der Waals surface area (Å²) in [7, 11) is 0. The zero-order valence-corrected chi connectivity index (χ0v) is 10.8. The molecule has 0 spiro atoms. The summed E-state index contributed by atoms with van der Waals surface area (Å²) in [6.07, 6.45) is 1.62. The predicted octanol–water partition coefficient (Wildman–Crippen LogP) is 0.867. The number of hydrogen-bond donors (Lipinski definition) is 4. The smallest absolute Gasteiger partial charge is 0.315 e. The molecule has 104 valence electrons. The topological polar surface area (TPSA) is 90.0 Å². The molecule has 20 heavy (non-hydrogen) atoms. The molecule has 6 nitrogen and oxygen atoms in total. The number of urea groups is 1. The number of fused-ring (bicyclic) bond motifs is 1. The van der Waals surface area contributed by atoms with Crippen LogP contribution in [0, 0.1) is 0 Å². The van der Waals surface area contributed by atoms with E-state index in [1.807, 2.05) is 24.3 Å². The van der Waals surface area contributed by atoms with Gasteiger partial charge in [-0.05, 0) is 17.2 Å². The van der Waals surface area contributed by atoms with Crippen LogP contribution in [-0.2, 0) is 13.0 Å². The fraction of sp³-hybridized carbons (Fsp3) is 0.286. The van der Waals surface area contributed by atoms with Crippen LogP contribution in [0.3, 0.4) is 0 Å². The normalized spacial score (nSPS) is 20.4. The van der Waals surface area contributed by atoms with E-state index < -0.39 is 6.10 Å². The Kier molecular flexibility index (Phi) is 3.39. The molecule has 1 aromatic heterocycles. The van der Waals surface area contributed by atoms with Crippen molar-refractivity contribution in [2.45, 2.75) is 25.1 Å². The van der Waals surface area contributed by atoms with Crippen molar-refractivity contribution in [2.24, 2.45) is 0 Å². The second-order valence-electron chi connectivity index (χ2n) is 4.86. The van der Waals surface area contributed by atoms with Crippen LogP contribution in [0.4, 0.5) is 4.79 Å². The number of carbonyl (C=O) groups excluding carboxylic acids is 1. The number of amides is 2. The molecule has 1 heterocycles. The van der Waals surface area contributed by atoms with Gasteiger partial charge in [-0.2, -0.15) is 5.10 Å². The number of carbonyl (C=O) groups is 1. The molecular weight excluding hydrogens is 256 g/mol. The molecule has 0 aliphatic heterocycles. The van der Waals surface area contributed by atoms with Crippen LogP contribution in [0.25, 0.3) is 0 Å². The maximum Gasteiger partial charge on any atom is 0.315 e. The Hall–Kier alpha value is -2.34. The average molecular weight is 272 g/mol. The fourth-order valence-electron chi connectivity index (χ4n) is 2.50. The Morgan fingerprint density at radius 2 is 2.25 bits per heavy atom. The Labute approximate surface area is 116 Å². The summed E-state index contributed by atoms with van der Waals surface area (Å²) in [5.74, 6) is 0. The van der Waals surface area contributed by atoms with Crippen LogP contribution in [-0.4, -0.2) is 27.4 Å². The third-order valence-corrected chi connectivity index (χ3v) is 3.49. The summed E-state index contributed by atoms with van der Waals surface area (Å²) in [5, 5.41) is 22.2. The van der Waals surface area contributed by atoms with Gasteiger partial charge >= 0.3 is 6.03 Å². The van der Waals surface area contributed by atoms with E-state index in [-0.39, 0.29) is 12.1 Å². The van der Waals surface area contributed by atoms with E-state index in [0.29, 0.717) is 13.0 Å². The first kappa shape index (κ1) is 12.7. The maximum atomic E-state index is 11.9. The second kappa shape index (κ2) is 5.34. The van der Waals surface area contributed by atoms with Crippen LogP contribution < -0.4 is 10.6 Å². The highest BCUT2D eigenvalue weighted by atomic mass is 16.3. The zero-order chi connectivity index (χ0) is 13.9. The van der Waals surface area contributed by atoms with Crippen molar-refractivity contribution < 1.29 is 9.90 Å². The van der Waals surface area contributed by atoms with Crippen molar-refractivity contribution in [3.63, 3.8) is 0 Å². The van der Waals surface area contributed by atoms with Gasteiger partial charge in [0.1, 0.15) is 0 Å². The van der Waals surface area contributed by atoms with Gasteiger partial charge < -0.3 is 15.7 Å². The quantitative estimate of drug-likeness (QED) is 0.668. The molecule has 6 heteroatoms. The molecule has 1 aromatic carbocycles. The number of aliphatic hydroxyl groups excluding tert-OH is 1. The van der Waals surface area contributed by atoms with Gasteiger partial charge in [0.2, 0.25) is 0 Å². The Morgan fingerprint density at radius 3 is 3.05 bits per heavy atom. The molecule has 1 aliphatic rings. The maximum absolute atomic E-state index is 11.9. The summed E-state index contributed by atoms with van der Waals surface area (Å²) in [6.45, 7) is 0.371. The number of aromatic amines is 1. The van der Waals surface area contributed by atoms with E-state index in [0.717, 1.165) is 16.8 Å². The first-order chi connectivity index (χ1) is 9.74. The zero-order valence-electron chi connectivity index (χ0n) is 10.8. The second-order valence-corrected chi connectivity index (χ2v) is 4.86. The molecule has 1 aliphatic carbocycles. The lowest BCUT2D eigenvalue weighted by atomic mass is 10.1. The highest BCUT2D eigenvalue weighted by Gasteiger charge is 2.31. The number of rotatable bonds is 3. The SMILES string of the molecule is O=C(NCc1ccn[nH]1)N[C@H]1c2ccccc2C[C@H]1O. The lowest BCUT2D eigenvalue weighted by molar-refractivity contribution is 0.142.